The molecule has 56 valence electrons. The van der Waals surface area contributed by atoms with Crippen molar-refractivity contribution < 1.29 is 38.3 Å². The summed E-state index contributed by atoms with van der Waals surface area (Å²) in [5.41, 5.74) is 0.832. The van der Waals surface area contributed by atoms with Crippen molar-refractivity contribution in [1.82, 2.24) is 0 Å². The average Bonchev–Trinajstić information content (AvgIpc) is 2.15. The van der Waals surface area contributed by atoms with Gasteiger partial charge in [-0.05, 0) is 32.9 Å². The van der Waals surface area contributed by atoms with E-state index in [4.69, 9.17) is 0 Å². The minimum Gasteiger partial charge on any atom is -0.772 e. The van der Waals surface area contributed by atoms with Gasteiger partial charge in [0.2, 0.25) is 0 Å². The standard InChI is InChI=1S/C5H5BrO2S2.Na/c6-5-4(1-2-9-5)3-10(7)8;/h1-2H,3H2,(H,7,8);/q;+1/p-1. The summed E-state index contributed by atoms with van der Waals surface area (Å²) in [5, 5.41) is 1.85. The summed E-state index contributed by atoms with van der Waals surface area (Å²) < 4.78 is 21.3. The number of halogens is 1. The van der Waals surface area contributed by atoms with Crippen LogP contribution in [-0.4, -0.2) is 8.76 Å². The van der Waals surface area contributed by atoms with Crippen LogP contribution in [0.15, 0.2) is 15.2 Å². The van der Waals surface area contributed by atoms with Crippen molar-refractivity contribution in [2.45, 2.75) is 5.75 Å². The van der Waals surface area contributed by atoms with Gasteiger partial charge in [0.25, 0.3) is 0 Å². The van der Waals surface area contributed by atoms with E-state index >= 15 is 0 Å². The summed E-state index contributed by atoms with van der Waals surface area (Å²) >= 11 is 2.75. The monoisotopic (exact) mass is 262 g/mol. The van der Waals surface area contributed by atoms with Gasteiger partial charge in [-0.15, -0.1) is 11.3 Å². The van der Waals surface area contributed by atoms with Crippen LogP contribution < -0.4 is 29.6 Å². The van der Waals surface area contributed by atoms with Crippen molar-refractivity contribution >= 4 is 38.3 Å². The first-order chi connectivity index (χ1) is 4.70. The first kappa shape index (κ1) is 12.3. The van der Waals surface area contributed by atoms with Gasteiger partial charge < -0.3 is 4.55 Å². The molecule has 0 aliphatic rings. The Balaban J connectivity index is 0.000001000. The van der Waals surface area contributed by atoms with Gasteiger partial charge in [-0.25, -0.2) is 0 Å². The third-order valence-corrected chi connectivity index (χ3v) is 3.32. The van der Waals surface area contributed by atoms with Crippen LogP contribution in [0.2, 0.25) is 0 Å². The van der Waals surface area contributed by atoms with E-state index in [0.29, 0.717) is 0 Å². The van der Waals surface area contributed by atoms with Gasteiger partial charge in [0.1, 0.15) is 0 Å². The van der Waals surface area contributed by atoms with Crippen LogP contribution in [0, 0.1) is 0 Å². The summed E-state index contributed by atoms with van der Waals surface area (Å²) in [5.74, 6) is 0.101. The summed E-state index contributed by atoms with van der Waals surface area (Å²) in [6.07, 6.45) is 0. The number of rotatable bonds is 2. The van der Waals surface area contributed by atoms with Crippen LogP contribution in [-0.2, 0) is 16.8 Å². The molecule has 0 aliphatic carbocycles. The second-order valence-electron chi connectivity index (χ2n) is 1.67. The third-order valence-electron chi connectivity index (χ3n) is 0.967. The minimum atomic E-state index is -1.98. The molecule has 1 aromatic rings. The predicted octanol–water partition coefficient (Wildman–Crippen LogP) is -1.11. The molecule has 0 fully saturated rings. The van der Waals surface area contributed by atoms with Gasteiger partial charge in [0.15, 0.2) is 0 Å². The quantitative estimate of drug-likeness (QED) is 0.501. The van der Waals surface area contributed by atoms with Crippen LogP contribution in [0.25, 0.3) is 0 Å². The topological polar surface area (TPSA) is 40.1 Å². The molecule has 0 saturated heterocycles. The molecule has 2 nitrogen and oxygen atoms in total. The molecule has 1 atom stereocenters. The van der Waals surface area contributed by atoms with Crippen LogP contribution in [0.5, 0.6) is 0 Å². The molecule has 11 heavy (non-hydrogen) atoms. The minimum absolute atomic E-state index is 0. The fourth-order valence-electron chi connectivity index (χ4n) is 0.549. The van der Waals surface area contributed by atoms with E-state index < -0.39 is 11.1 Å². The van der Waals surface area contributed by atoms with Gasteiger partial charge in [-0.3, -0.25) is 4.21 Å². The second kappa shape index (κ2) is 5.85. The Hall–Kier alpha value is 1.29. The zero-order chi connectivity index (χ0) is 7.56. The van der Waals surface area contributed by atoms with E-state index in [0.717, 1.165) is 9.35 Å². The van der Waals surface area contributed by atoms with E-state index in [1.807, 2.05) is 5.38 Å². The molecule has 0 bridgehead atoms. The molecule has 0 aliphatic heterocycles. The summed E-state index contributed by atoms with van der Waals surface area (Å²) in [7, 11) is 0. The molecular formula is C5H4BrNaO2S2. The third kappa shape index (κ3) is 4.17. The van der Waals surface area contributed by atoms with Crippen molar-refractivity contribution in [1.29, 1.82) is 0 Å². The Bertz CT molecular complexity index is 250. The second-order valence-corrected chi connectivity index (χ2v) is 4.80. The van der Waals surface area contributed by atoms with E-state index in [9.17, 15) is 8.76 Å². The SMILES string of the molecule is O=S([O-])Cc1ccsc1Br.[Na+]. The molecule has 0 radical (unpaired) electrons. The molecular weight excluding hydrogens is 259 g/mol. The zero-order valence-electron chi connectivity index (χ0n) is 5.87. The number of thiophene rings is 1. The molecule has 0 aromatic carbocycles. The fourth-order valence-corrected chi connectivity index (χ4v) is 2.56. The smallest absolute Gasteiger partial charge is 0.772 e. The van der Waals surface area contributed by atoms with Crippen molar-refractivity contribution in [3.05, 3.63) is 20.8 Å². The Morgan fingerprint density at radius 2 is 2.36 bits per heavy atom. The Morgan fingerprint density at radius 1 is 1.73 bits per heavy atom. The molecule has 6 heteroatoms. The first-order valence-electron chi connectivity index (χ1n) is 2.48. The van der Waals surface area contributed by atoms with Gasteiger partial charge in [-0.1, -0.05) is 11.1 Å². The molecule has 0 spiro atoms. The van der Waals surface area contributed by atoms with Crippen molar-refractivity contribution in [2.24, 2.45) is 0 Å². The maximum atomic E-state index is 10.2. The molecule has 0 N–H and O–H groups in total. The normalized spacial score (nSPS) is 12.2. The Kier molecular flexibility index (Phi) is 6.54. The number of hydrogen-bond acceptors (Lipinski definition) is 3. The molecule has 0 amide bonds. The van der Waals surface area contributed by atoms with E-state index in [-0.39, 0.29) is 35.3 Å². The Morgan fingerprint density at radius 3 is 2.73 bits per heavy atom. The summed E-state index contributed by atoms with van der Waals surface area (Å²) in [6.45, 7) is 0. The zero-order valence-corrected chi connectivity index (χ0v) is 11.1. The maximum Gasteiger partial charge on any atom is 1.00 e. The van der Waals surface area contributed by atoms with E-state index in [1.165, 1.54) is 11.3 Å². The van der Waals surface area contributed by atoms with Crippen molar-refractivity contribution in [2.75, 3.05) is 0 Å². The van der Waals surface area contributed by atoms with E-state index in [1.54, 1.807) is 6.07 Å². The van der Waals surface area contributed by atoms with Gasteiger partial charge in [-0.2, -0.15) is 0 Å². The maximum absolute atomic E-state index is 10.2. The van der Waals surface area contributed by atoms with Gasteiger partial charge >= 0.3 is 29.6 Å². The summed E-state index contributed by atoms with van der Waals surface area (Å²) in [6, 6.07) is 1.80. The van der Waals surface area contributed by atoms with E-state index in [2.05, 4.69) is 15.9 Å². The van der Waals surface area contributed by atoms with Crippen LogP contribution >= 0.6 is 27.3 Å². The largest absolute Gasteiger partial charge is 1.00 e. The Labute approximate surface area is 102 Å². The average molecular weight is 263 g/mol. The fraction of sp³-hybridized carbons (Fsp3) is 0.200. The van der Waals surface area contributed by atoms with Crippen LogP contribution in [0.4, 0.5) is 0 Å². The van der Waals surface area contributed by atoms with Crippen LogP contribution in [0.3, 0.4) is 0 Å². The molecule has 1 aromatic heterocycles. The van der Waals surface area contributed by atoms with Crippen molar-refractivity contribution in [3.63, 3.8) is 0 Å². The number of hydrogen-bond donors (Lipinski definition) is 0. The summed E-state index contributed by atoms with van der Waals surface area (Å²) in [4.78, 5) is 0. The molecule has 0 saturated carbocycles. The van der Waals surface area contributed by atoms with Gasteiger partial charge in [0, 0.05) is 5.75 Å². The predicted molar refractivity (Wildman–Crippen MR) is 44.6 cm³/mol. The molecule has 1 heterocycles. The molecule has 1 rings (SSSR count). The van der Waals surface area contributed by atoms with Gasteiger partial charge in [0.05, 0.1) is 3.79 Å². The van der Waals surface area contributed by atoms with Crippen LogP contribution in [0.1, 0.15) is 5.56 Å². The van der Waals surface area contributed by atoms with Crippen molar-refractivity contribution in [3.8, 4) is 0 Å². The molecule has 1 unspecified atom stereocenters. The first-order valence-corrected chi connectivity index (χ1v) is 5.39.